The Morgan fingerprint density at radius 2 is 0.736 bits per heavy atom. The van der Waals surface area contributed by atoms with Gasteiger partial charge in [-0.1, -0.05) is 215 Å². The van der Waals surface area contributed by atoms with Crippen LogP contribution in [0.3, 0.4) is 0 Å². The normalized spacial score (nSPS) is 14.0. The van der Waals surface area contributed by atoms with Gasteiger partial charge in [0.2, 0.25) is 0 Å². The van der Waals surface area contributed by atoms with Crippen LogP contribution >= 0.6 is 7.82 Å². The molecule has 0 saturated heterocycles. The smallest absolute Gasteiger partial charge is 0.462 e. The van der Waals surface area contributed by atoms with Crippen LogP contribution in [0.15, 0.2) is 85.1 Å². The number of ether oxygens (including phenoxy) is 3. The van der Waals surface area contributed by atoms with E-state index in [0.29, 0.717) is 25.7 Å². The zero-order valence-corrected chi connectivity index (χ0v) is 46.5. The molecule has 0 saturated carbocycles. The molecule has 0 aliphatic carbocycles. The highest BCUT2D eigenvalue weighted by atomic mass is 31.2. The number of unbranched alkanes of at least 4 members (excludes halogenated alkanes) is 21. The van der Waals surface area contributed by atoms with Crippen LogP contribution in [0.1, 0.15) is 239 Å². The molecule has 0 spiro atoms. The molecule has 0 aliphatic rings. The summed E-state index contributed by atoms with van der Waals surface area (Å²) in [6, 6.07) is 0. The molecule has 0 amide bonds. The highest BCUT2D eigenvalue weighted by Gasteiger charge is 2.28. The third kappa shape index (κ3) is 51.6. The first kappa shape index (κ1) is 68.7. The van der Waals surface area contributed by atoms with E-state index in [4.69, 9.17) is 23.3 Å². The maximum Gasteiger partial charge on any atom is 0.472 e. The van der Waals surface area contributed by atoms with E-state index in [1.165, 1.54) is 83.5 Å². The molecule has 0 heterocycles. The van der Waals surface area contributed by atoms with Gasteiger partial charge in [0, 0.05) is 19.3 Å². The lowest BCUT2D eigenvalue weighted by molar-refractivity contribution is -0.161. The van der Waals surface area contributed by atoms with Crippen LogP contribution in [0.4, 0.5) is 0 Å². The fourth-order valence-electron chi connectivity index (χ4n) is 7.48. The number of phosphoric ester groups is 1. The third-order valence-electron chi connectivity index (χ3n) is 11.8. The van der Waals surface area contributed by atoms with E-state index in [-0.39, 0.29) is 25.9 Å². The number of hydrogen-bond acceptors (Lipinski definition) is 10. The summed E-state index contributed by atoms with van der Waals surface area (Å²) in [5, 5.41) is 9.81. The molecule has 0 aromatic heterocycles. The van der Waals surface area contributed by atoms with Crippen LogP contribution in [0, 0.1) is 0 Å². The molecular formula is C60H103O11P. The number of rotatable bonds is 52. The standard InChI is InChI=1S/C60H103O11P/c1-4-7-10-13-16-19-22-24-26-28-30-32-35-38-41-44-47-50-59(63)70-56(52-61)54-68-72(65,66)69-55-57(53-67-58(62)49-46-43-40-37-34-21-18-15-12-9-6-3)71-60(64)51-48-45-42-39-36-33-31-29-27-25-23-20-17-14-11-8-5-2/h8,11,16-17,19-20,24-27,31,33,39,42,56-57,61H,4-7,9-10,12-15,18,21-23,28-30,32,34-38,40-41,43-55H2,1-3H3,(H,65,66)/b11-8-,19-16-,20-17-,26-24-,27-25-,33-31-,42-39-. The Balaban J connectivity index is 4.76. The molecule has 0 rings (SSSR count). The predicted octanol–water partition coefficient (Wildman–Crippen LogP) is 16.7. The topological polar surface area (TPSA) is 155 Å². The van der Waals surface area contributed by atoms with E-state index >= 15 is 0 Å². The molecule has 414 valence electrons. The van der Waals surface area contributed by atoms with Crippen molar-refractivity contribution < 1.29 is 52.2 Å². The van der Waals surface area contributed by atoms with Gasteiger partial charge in [0.15, 0.2) is 6.10 Å². The van der Waals surface area contributed by atoms with Crippen LogP contribution < -0.4 is 0 Å². The molecule has 3 unspecified atom stereocenters. The number of carbonyl (C=O) groups is 3. The largest absolute Gasteiger partial charge is 0.472 e. The number of carbonyl (C=O) groups excluding carboxylic acids is 3. The zero-order chi connectivity index (χ0) is 52.7. The second-order valence-electron chi connectivity index (χ2n) is 18.7. The summed E-state index contributed by atoms with van der Waals surface area (Å²) < 4.78 is 39.4. The van der Waals surface area contributed by atoms with Crippen molar-refractivity contribution in [3.05, 3.63) is 85.1 Å². The molecule has 0 fully saturated rings. The van der Waals surface area contributed by atoms with E-state index in [2.05, 4.69) is 93.7 Å². The maximum absolute atomic E-state index is 12.9. The van der Waals surface area contributed by atoms with Gasteiger partial charge in [-0.3, -0.25) is 23.4 Å². The summed E-state index contributed by atoms with van der Waals surface area (Å²) in [4.78, 5) is 48.4. The van der Waals surface area contributed by atoms with Crippen molar-refractivity contribution in [2.45, 2.75) is 251 Å². The molecule has 72 heavy (non-hydrogen) atoms. The lowest BCUT2D eigenvalue weighted by atomic mass is 10.1. The number of phosphoric acid groups is 1. The van der Waals surface area contributed by atoms with Crippen molar-refractivity contribution in [3.8, 4) is 0 Å². The van der Waals surface area contributed by atoms with Crippen molar-refractivity contribution >= 4 is 25.7 Å². The van der Waals surface area contributed by atoms with E-state index in [9.17, 15) is 28.9 Å². The van der Waals surface area contributed by atoms with Crippen molar-refractivity contribution in [2.24, 2.45) is 0 Å². The summed E-state index contributed by atoms with van der Waals surface area (Å²) >= 11 is 0. The molecule has 12 heteroatoms. The van der Waals surface area contributed by atoms with Crippen LogP contribution in [0.25, 0.3) is 0 Å². The van der Waals surface area contributed by atoms with Crippen molar-refractivity contribution in [1.82, 2.24) is 0 Å². The zero-order valence-electron chi connectivity index (χ0n) is 45.6. The Morgan fingerprint density at radius 1 is 0.403 bits per heavy atom. The minimum absolute atomic E-state index is 0.0876. The summed E-state index contributed by atoms with van der Waals surface area (Å²) in [5.41, 5.74) is 0. The molecule has 0 aromatic carbocycles. The van der Waals surface area contributed by atoms with E-state index < -0.39 is 57.8 Å². The average Bonchev–Trinajstić information content (AvgIpc) is 3.37. The summed E-state index contributed by atoms with van der Waals surface area (Å²) in [5.74, 6) is -1.54. The number of hydrogen-bond donors (Lipinski definition) is 2. The van der Waals surface area contributed by atoms with Gasteiger partial charge in [0.05, 0.1) is 19.8 Å². The Hall–Kier alpha value is -3.34. The van der Waals surface area contributed by atoms with Crippen molar-refractivity contribution in [2.75, 3.05) is 26.4 Å². The fourth-order valence-corrected chi connectivity index (χ4v) is 8.26. The summed E-state index contributed by atoms with van der Waals surface area (Å²) in [7, 11) is -4.76. The lowest BCUT2D eigenvalue weighted by Gasteiger charge is -2.21. The van der Waals surface area contributed by atoms with Crippen LogP contribution in [0.2, 0.25) is 0 Å². The third-order valence-corrected chi connectivity index (χ3v) is 12.8. The van der Waals surface area contributed by atoms with Crippen molar-refractivity contribution in [3.63, 3.8) is 0 Å². The second kappa shape index (κ2) is 53.9. The van der Waals surface area contributed by atoms with Crippen molar-refractivity contribution in [1.29, 1.82) is 0 Å². The van der Waals surface area contributed by atoms with E-state index in [1.54, 1.807) is 0 Å². The van der Waals surface area contributed by atoms with Gasteiger partial charge in [-0.15, -0.1) is 0 Å². The fraction of sp³-hybridized carbons (Fsp3) is 0.717. The minimum atomic E-state index is -4.76. The monoisotopic (exact) mass is 1030 g/mol. The van der Waals surface area contributed by atoms with Crippen LogP contribution in [-0.2, 0) is 42.2 Å². The number of esters is 3. The van der Waals surface area contributed by atoms with Gasteiger partial charge < -0.3 is 24.2 Å². The summed E-state index contributed by atoms with van der Waals surface area (Å²) in [6.07, 6.45) is 61.2. The predicted molar refractivity (Wildman–Crippen MR) is 298 cm³/mol. The highest BCUT2D eigenvalue weighted by Crippen LogP contribution is 2.43. The molecule has 0 radical (unpaired) electrons. The van der Waals surface area contributed by atoms with Gasteiger partial charge >= 0.3 is 25.7 Å². The molecule has 0 aliphatic heterocycles. The Kier molecular flexibility index (Phi) is 51.4. The second-order valence-corrected chi connectivity index (χ2v) is 20.2. The van der Waals surface area contributed by atoms with Crippen LogP contribution in [0.5, 0.6) is 0 Å². The maximum atomic E-state index is 12.9. The molecule has 0 bridgehead atoms. The van der Waals surface area contributed by atoms with Gasteiger partial charge in [0.25, 0.3) is 0 Å². The first-order valence-corrected chi connectivity index (χ1v) is 30.0. The van der Waals surface area contributed by atoms with E-state index in [0.717, 1.165) is 89.9 Å². The molecular weight excluding hydrogens is 928 g/mol. The molecule has 3 atom stereocenters. The Labute approximate surface area is 439 Å². The average molecular weight is 1030 g/mol. The number of aliphatic hydroxyl groups excluding tert-OH is 1. The molecule has 0 aromatic rings. The van der Waals surface area contributed by atoms with Gasteiger partial charge in [0.1, 0.15) is 12.7 Å². The first-order valence-electron chi connectivity index (χ1n) is 28.5. The Bertz CT molecular complexity index is 1530. The minimum Gasteiger partial charge on any atom is -0.462 e. The first-order chi connectivity index (χ1) is 35.2. The highest BCUT2D eigenvalue weighted by molar-refractivity contribution is 7.47. The van der Waals surface area contributed by atoms with Gasteiger partial charge in [-0.2, -0.15) is 0 Å². The van der Waals surface area contributed by atoms with Gasteiger partial charge in [-0.05, 0) is 89.9 Å². The number of aliphatic hydroxyl groups is 1. The lowest BCUT2D eigenvalue weighted by Crippen LogP contribution is -2.30. The molecule has 2 N–H and O–H groups in total. The van der Waals surface area contributed by atoms with Gasteiger partial charge in [-0.25, -0.2) is 4.57 Å². The van der Waals surface area contributed by atoms with Crippen LogP contribution in [-0.4, -0.2) is 66.5 Å². The Morgan fingerprint density at radius 3 is 1.19 bits per heavy atom. The summed E-state index contributed by atoms with van der Waals surface area (Å²) in [6.45, 7) is 4.43. The number of allylic oxidation sites excluding steroid dienone is 14. The quantitative estimate of drug-likeness (QED) is 0.0197. The van der Waals surface area contributed by atoms with E-state index in [1.807, 2.05) is 12.2 Å². The SMILES string of the molecule is CC/C=C\C/C=C\C/C=C\C/C=C\C/C=C\CCCC(=O)OC(COC(=O)CCCCCCCCCCCCC)COP(=O)(O)OCC(CO)OC(=O)CCCCCCCCC/C=C\C/C=C\CCCCC. The molecule has 11 nitrogen and oxygen atoms in total.